The third-order valence-electron chi connectivity index (χ3n) is 3.91. The van der Waals surface area contributed by atoms with E-state index < -0.39 is 0 Å². The van der Waals surface area contributed by atoms with Crippen molar-refractivity contribution < 1.29 is 13.9 Å². The highest BCUT2D eigenvalue weighted by Gasteiger charge is 2.09. The third kappa shape index (κ3) is 5.25. The summed E-state index contributed by atoms with van der Waals surface area (Å²) in [4.78, 5) is 16.1. The van der Waals surface area contributed by atoms with Gasteiger partial charge in [-0.15, -0.1) is 0 Å². The molecule has 4 nitrogen and oxygen atoms in total. The summed E-state index contributed by atoms with van der Waals surface area (Å²) in [6.07, 6.45) is 6.09. The minimum Gasteiger partial charge on any atom is -0.456 e. The Balaban J connectivity index is 1.63. The molecular formula is C22H19FN2O2. The van der Waals surface area contributed by atoms with Crippen molar-refractivity contribution in [2.45, 2.75) is 13.0 Å². The molecule has 3 aromatic rings. The van der Waals surface area contributed by atoms with Crippen molar-refractivity contribution in [1.82, 2.24) is 10.3 Å². The Hall–Kier alpha value is -3.47. The van der Waals surface area contributed by atoms with E-state index in [1.807, 2.05) is 37.3 Å². The topological polar surface area (TPSA) is 51.2 Å². The summed E-state index contributed by atoms with van der Waals surface area (Å²) < 4.78 is 19.4. The molecule has 1 atom stereocenters. The van der Waals surface area contributed by atoms with Gasteiger partial charge in [-0.3, -0.25) is 9.78 Å². The van der Waals surface area contributed by atoms with Gasteiger partial charge in [-0.05, 0) is 48.9 Å². The summed E-state index contributed by atoms with van der Waals surface area (Å²) in [5, 5.41) is 2.86. The maximum atomic E-state index is 13.6. The second-order valence-corrected chi connectivity index (χ2v) is 5.95. The third-order valence-corrected chi connectivity index (χ3v) is 3.91. The molecule has 3 rings (SSSR count). The van der Waals surface area contributed by atoms with E-state index in [4.69, 9.17) is 4.74 Å². The van der Waals surface area contributed by atoms with Crippen molar-refractivity contribution in [3.05, 3.63) is 96.1 Å². The van der Waals surface area contributed by atoms with Crippen LogP contribution in [0.4, 0.5) is 4.39 Å². The number of rotatable bonds is 6. The maximum absolute atomic E-state index is 13.6. The van der Waals surface area contributed by atoms with Crippen LogP contribution >= 0.6 is 0 Å². The number of hydrogen-bond donors (Lipinski definition) is 1. The van der Waals surface area contributed by atoms with Gasteiger partial charge in [0.1, 0.15) is 17.3 Å². The zero-order valence-electron chi connectivity index (χ0n) is 14.8. The molecule has 0 saturated heterocycles. The van der Waals surface area contributed by atoms with Gasteiger partial charge < -0.3 is 10.1 Å². The number of hydrogen-bond acceptors (Lipinski definition) is 3. The van der Waals surface area contributed by atoms with Crippen LogP contribution in [0.25, 0.3) is 6.08 Å². The summed E-state index contributed by atoms with van der Waals surface area (Å²) in [5.41, 5.74) is 1.26. The highest BCUT2D eigenvalue weighted by molar-refractivity contribution is 5.92. The van der Waals surface area contributed by atoms with E-state index in [0.29, 0.717) is 17.1 Å². The minimum absolute atomic E-state index is 0.236. The van der Waals surface area contributed by atoms with Gasteiger partial charge in [-0.2, -0.15) is 0 Å². The SMILES string of the molecule is CC(NC(=O)/C=C/c1ccccc1F)c1cccc(Oc2cccnc2)c1. The molecule has 0 aliphatic rings. The normalized spacial score (nSPS) is 11.9. The molecule has 5 heteroatoms. The summed E-state index contributed by atoms with van der Waals surface area (Å²) >= 11 is 0. The molecular weight excluding hydrogens is 343 g/mol. The summed E-state index contributed by atoms with van der Waals surface area (Å²) in [6.45, 7) is 1.87. The van der Waals surface area contributed by atoms with Crippen molar-refractivity contribution in [1.29, 1.82) is 0 Å². The largest absolute Gasteiger partial charge is 0.456 e. The first-order valence-electron chi connectivity index (χ1n) is 8.53. The highest BCUT2D eigenvalue weighted by atomic mass is 19.1. The van der Waals surface area contributed by atoms with Gasteiger partial charge in [0.05, 0.1) is 12.2 Å². The molecule has 0 fully saturated rings. The standard InChI is InChI=1S/C22H19FN2O2/c1-16(25-22(26)12-11-17-6-2-3-10-21(17)23)18-7-4-8-19(14-18)27-20-9-5-13-24-15-20/h2-16H,1H3,(H,25,26)/b12-11+. The van der Waals surface area contributed by atoms with E-state index in [9.17, 15) is 9.18 Å². The van der Waals surface area contributed by atoms with Crippen LogP contribution in [0.3, 0.4) is 0 Å². The number of aromatic nitrogens is 1. The van der Waals surface area contributed by atoms with Crippen LogP contribution in [-0.4, -0.2) is 10.9 Å². The molecule has 1 unspecified atom stereocenters. The average molecular weight is 362 g/mol. The van der Waals surface area contributed by atoms with E-state index in [1.165, 1.54) is 18.2 Å². The van der Waals surface area contributed by atoms with Crippen molar-refractivity contribution in [2.24, 2.45) is 0 Å². The van der Waals surface area contributed by atoms with Crippen LogP contribution in [-0.2, 0) is 4.79 Å². The summed E-state index contributed by atoms with van der Waals surface area (Å²) in [5.74, 6) is 0.627. The second kappa shape index (κ2) is 8.76. The van der Waals surface area contributed by atoms with Gasteiger partial charge in [0.15, 0.2) is 0 Å². The van der Waals surface area contributed by atoms with Crippen LogP contribution in [0.1, 0.15) is 24.1 Å². The van der Waals surface area contributed by atoms with Crippen LogP contribution in [0.2, 0.25) is 0 Å². The maximum Gasteiger partial charge on any atom is 0.244 e. The second-order valence-electron chi connectivity index (χ2n) is 5.95. The first-order valence-corrected chi connectivity index (χ1v) is 8.53. The molecule has 0 aliphatic carbocycles. The molecule has 0 bridgehead atoms. The van der Waals surface area contributed by atoms with Crippen LogP contribution in [0.15, 0.2) is 79.1 Å². The van der Waals surface area contributed by atoms with Gasteiger partial charge in [0, 0.05) is 17.8 Å². The number of halogens is 1. The number of carbonyl (C=O) groups excluding carboxylic acids is 1. The predicted octanol–water partition coefficient (Wildman–Crippen LogP) is 4.90. The number of ether oxygens (including phenoxy) is 1. The highest BCUT2D eigenvalue weighted by Crippen LogP contribution is 2.24. The Kier molecular flexibility index (Phi) is 5.94. The molecule has 0 spiro atoms. The lowest BCUT2D eigenvalue weighted by molar-refractivity contribution is -0.117. The van der Waals surface area contributed by atoms with Gasteiger partial charge in [0.25, 0.3) is 0 Å². The molecule has 0 aliphatic heterocycles. The Bertz CT molecular complexity index is 942. The number of amides is 1. The minimum atomic E-state index is -0.366. The summed E-state index contributed by atoms with van der Waals surface area (Å²) in [7, 11) is 0. The fourth-order valence-electron chi connectivity index (χ4n) is 2.51. The van der Waals surface area contributed by atoms with E-state index >= 15 is 0 Å². The molecule has 0 radical (unpaired) electrons. The zero-order chi connectivity index (χ0) is 19.1. The molecule has 27 heavy (non-hydrogen) atoms. The molecule has 136 valence electrons. The van der Waals surface area contributed by atoms with Crippen LogP contribution < -0.4 is 10.1 Å². The monoisotopic (exact) mass is 362 g/mol. The quantitative estimate of drug-likeness (QED) is 0.634. The zero-order valence-corrected chi connectivity index (χ0v) is 14.8. The Labute approximate surface area is 157 Å². The summed E-state index contributed by atoms with van der Waals surface area (Å²) in [6, 6.07) is 17.1. The van der Waals surface area contributed by atoms with Gasteiger partial charge in [0.2, 0.25) is 5.91 Å². The Morgan fingerprint density at radius 2 is 1.93 bits per heavy atom. The first kappa shape index (κ1) is 18.3. The van der Waals surface area contributed by atoms with E-state index in [2.05, 4.69) is 10.3 Å². The van der Waals surface area contributed by atoms with Crippen molar-refractivity contribution in [3.63, 3.8) is 0 Å². The average Bonchev–Trinajstić information content (AvgIpc) is 2.68. The molecule has 2 aromatic carbocycles. The van der Waals surface area contributed by atoms with E-state index in [-0.39, 0.29) is 17.8 Å². The lowest BCUT2D eigenvalue weighted by Crippen LogP contribution is -2.24. The molecule has 1 amide bonds. The Morgan fingerprint density at radius 3 is 2.70 bits per heavy atom. The molecule has 1 aromatic heterocycles. The number of benzene rings is 2. The van der Waals surface area contributed by atoms with Gasteiger partial charge in [-0.1, -0.05) is 30.3 Å². The fraction of sp³-hybridized carbons (Fsp3) is 0.0909. The number of nitrogens with zero attached hydrogens (tertiary/aromatic N) is 1. The van der Waals surface area contributed by atoms with Gasteiger partial charge >= 0.3 is 0 Å². The Morgan fingerprint density at radius 1 is 1.11 bits per heavy atom. The lowest BCUT2D eigenvalue weighted by Gasteiger charge is -2.14. The molecule has 1 heterocycles. The van der Waals surface area contributed by atoms with Crippen molar-refractivity contribution >= 4 is 12.0 Å². The van der Waals surface area contributed by atoms with Crippen molar-refractivity contribution in [2.75, 3.05) is 0 Å². The van der Waals surface area contributed by atoms with E-state index in [0.717, 1.165) is 5.56 Å². The molecule has 1 N–H and O–H groups in total. The van der Waals surface area contributed by atoms with Crippen LogP contribution in [0, 0.1) is 5.82 Å². The molecule has 0 saturated carbocycles. The predicted molar refractivity (Wildman–Crippen MR) is 103 cm³/mol. The van der Waals surface area contributed by atoms with Crippen molar-refractivity contribution in [3.8, 4) is 11.5 Å². The number of nitrogens with one attached hydrogen (secondary N) is 1. The number of pyridine rings is 1. The first-order chi connectivity index (χ1) is 13.1. The lowest BCUT2D eigenvalue weighted by atomic mass is 10.1. The smallest absolute Gasteiger partial charge is 0.244 e. The van der Waals surface area contributed by atoms with Crippen LogP contribution in [0.5, 0.6) is 11.5 Å². The fourth-order valence-corrected chi connectivity index (χ4v) is 2.51. The number of carbonyl (C=O) groups is 1. The van der Waals surface area contributed by atoms with E-state index in [1.54, 1.807) is 36.7 Å². The van der Waals surface area contributed by atoms with Gasteiger partial charge in [-0.25, -0.2) is 4.39 Å².